The number of nitrogens with zero attached hydrogens (tertiary/aromatic N) is 2. The number of aliphatic hydroxyl groups excluding tert-OH is 1. The molecule has 0 unspecified atom stereocenters. The van der Waals surface area contributed by atoms with Gasteiger partial charge in [0.05, 0.1) is 0 Å². The molecular formula is C22H21Cl2N3O3. The molecule has 3 rings (SSSR count). The largest absolute Gasteiger partial charge is 0.396 e. The van der Waals surface area contributed by atoms with Gasteiger partial charge < -0.3 is 10.4 Å². The number of benzene rings is 2. The van der Waals surface area contributed by atoms with Crippen LogP contribution in [-0.2, 0) is 24.3 Å². The Balaban J connectivity index is 1.92. The van der Waals surface area contributed by atoms with Gasteiger partial charge in [0.25, 0.3) is 5.56 Å². The zero-order valence-electron chi connectivity index (χ0n) is 16.4. The van der Waals surface area contributed by atoms with Crippen molar-refractivity contribution in [3.63, 3.8) is 0 Å². The number of aryl methyl sites for hydroxylation is 1. The standard InChI is InChI=1S/C22H21Cl2N3O3/c1-14-19(9-10-28)22(30)27(21(26-14)16-5-7-17(23)8-6-16)13-20(29)25-12-15-3-2-4-18(24)11-15/h2-8,11,28H,9-10,12-13H2,1H3,(H,25,29). The molecule has 1 amide bonds. The molecule has 0 aliphatic carbocycles. The molecule has 2 N–H and O–H groups in total. The molecule has 0 atom stereocenters. The van der Waals surface area contributed by atoms with E-state index in [1.165, 1.54) is 4.57 Å². The normalized spacial score (nSPS) is 10.8. The molecule has 156 valence electrons. The summed E-state index contributed by atoms with van der Waals surface area (Å²) in [6.07, 6.45) is 0.169. The first-order valence-electron chi connectivity index (χ1n) is 9.37. The van der Waals surface area contributed by atoms with Crippen LogP contribution in [0.25, 0.3) is 11.4 Å². The van der Waals surface area contributed by atoms with E-state index in [1.807, 2.05) is 6.07 Å². The van der Waals surface area contributed by atoms with Crippen LogP contribution in [0.5, 0.6) is 0 Å². The van der Waals surface area contributed by atoms with Crippen LogP contribution in [0.2, 0.25) is 10.0 Å². The van der Waals surface area contributed by atoms with E-state index in [9.17, 15) is 14.7 Å². The second-order valence-corrected chi connectivity index (χ2v) is 7.65. The Morgan fingerprint density at radius 1 is 1.13 bits per heavy atom. The fraction of sp³-hybridized carbons (Fsp3) is 0.227. The van der Waals surface area contributed by atoms with Crippen LogP contribution in [0, 0.1) is 6.92 Å². The van der Waals surface area contributed by atoms with Crippen LogP contribution in [0.15, 0.2) is 53.3 Å². The third kappa shape index (κ3) is 5.27. The lowest BCUT2D eigenvalue weighted by atomic mass is 10.1. The van der Waals surface area contributed by atoms with Crippen molar-refractivity contribution >= 4 is 29.1 Å². The Hall–Kier alpha value is -2.67. The number of rotatable bonds is 7. The predicted octanol–water partition coefficient (Wildman–Crippen LogP) is 3.38. The van der Waals surface area contributed by atoms with E-state index in [2.05, 4.69) is 10.3 Å². The summed E-state index contributed by atoms with van der Waals surface area (Å²) in [5, 5.41) is 13.2. The number of aliphatic hydroxyl groups is 1. The summed E-state index contributed by atoms with van der Waals surface area (Å²) in [4.78, 5) is 30.2. The predicted molar refractivity (Wildman–Crippen MR) is 118 cm³/mol. The second kappa shape index (κ2) is 9.89. The number of carbonyl (C=O) groups excluding carboxylic acids is 1. The molecule has 2 aromatic carbocycles. The Kier molecular flexibility index (Phi) is 7.26. The first kappa shape index (κ1) is 22.0. The monoisotopic (exact) mass is 445 g/mol. The van der Waals surface area contributed by atoms with Gasteiger partial charge in [0.15, 0.2) is 0 Å². The highest BCUT2D eigenvalue weighted by molar-refractivity contribution is 6.30. The van der Waals surface area contributed by atoms with E-state index in [0.717, 1.165) is 5.56 Å². The van der Waals surface area contributed by atoms with Crippen LogP contribution in [0.3, 0.4) is 0 Å². The molecule has 30 heavy (non-hydrogen) atoms. The average Bonchev–Trinajstić information content (AvgIpc) is 2.72. The summed E-state index contributed by atoms with van der Waals surface area (Å²) in [7, 11) is 0. The van der Waals surface area contributed by atoms with Gasteiger partial charge in [-0.1, -0.05) is 35.3 Å². The van der Waals surface area contributed by atoms with E-state index in [-0.39, 0.29) is 37.6 Å². The van der Waals surface area contributed by atoms with E-state index < -0.39 is 0 Å². The minimum Gasteiger partial charge on any atom is -0.396 e. The highest BCUT2D eigenvalue weighted by Gasteiger charge is 2.17. The van der Waals surface area contributed by atoms with Gasteiger partial charge in [0.1, 0.15) is 12.4 Å². The van der Waals surface area contributed by atoms with E-state index in [4.69, 9.17) is 23.2 Å². The third-order valence-electron chi connectivity index (χ3n) is 4.61. The van der Waals surface area contributed by atoms with Gasteiger partial charge in [-0.25, -0.2) is 4.98 Å². The molecule has 6 nitrogen and oxygen atoms in total. The van der Waals surface area contributed by atoms with Gasteiger partial charge in [-0.2, -0.15) is 0 Å². The molecule has 0 aliphatic heterocycles. The molecule has 1 heterocycles. The zero-order valence-corrected chi connectivity index (χ0v) is 17.9. The molecule has 0 radical (unpaired) electrons. The van der Waals surface area contributed by atoms with Crippen molar-refractivity contribution in [3.8, 4) is 11.4 Å². The first-order chi connectivity index (χ1) is 14.4. The molecule has 1 aromatic heterocycles. The lowest BCUT2D eigenvalue weighted by Crippen LogP contribution is -2.35. The molecule has 3 aromatic rings. The Bertz CT molecular complexity index is 1110. The van der Waals surface area contributed by atoms with Gasteiger partial charge >= 0.3 is 0 Å². The van der Waals surface area contributed by atoms with E-state index >= 15 is 0 Å². The number of amides is 1. The topological polar surface area (TPSA) is 84.2 Å². The number of carbonyl (C=O) groups is 1. The summed E-state index contributed by atoms with van der Waals surface area (Å²) in [6.45, 7) is 1.62. The minimum absolute atomic E-state index is 0.169. The number of hydrogen-bond acceptors (Lipinski definition) is 4. The summed E-state index contributed by atoms with van der Waals surface area (Å²) in [5.74, 6) is 0.0293. The number of hydrogen-bond donors (Lipinski definition) is 2. The fourth-order valence-corrected chi connectivity index (χ4v) is 3.45. The molecule has 0 fully saturated rings. The van der Waals surface area contributed by atoms with Crippen LogP contribution in [0.1, 0.15) is 16.8 Å². The third-order valence-corrected chi connectivity index (χ3v) is 5.10. The van der Waals surface area contributed by atoms with Crippen LogP contribution in [-0.4, -0.2) is 27.2 Å². The molecule has 0 aliphatic rings. The zero-order chi connectivity index (χ0) is 21.7. The van der Waals surface area contributed by atoms with Crippen LogP contribution < -0.4 is 10.9 Å². The number of nitrogens with one attached hydrogen (secondary N) is 1. The Morgan fingerprint density at radius 2 is 1.87 bits per heavy atom. The van der Waals surface area contributed by atoms with Crippen LogP contribution >= 0.6 is 23.2 Å². The molecule has 0 bridgehead atoms. The smallest absolute Gasteiger partial charge is 0.257 e. The molecule has 0 saturated heterocycles. The van der Waals surface area contributed by atoms with Crippen molar-refractivity contribution in [2.45, 2.75) is 26.4 Å². The molecule has 8 heteroatoms. The maximum Gasteiger partial charge on any atom is 0.257 e. The maximum atomic E-state index is 13.1. The van der Waals surface area contributed by atoms with Gasteiger partial charge in [0, 0.05) is 46.4 Å². The second-order valence-electron chi connectivity index (χ2n) is 6.78. The molecule has 0 saturated carbocycles. The highest BCUT2D eigenvalue weighted by Crippen LogP contribution is 2.20. The summed E-state index contributed by atoms with van der Waals surface area (Å²) >= 11 is 11.9. The van der Waals surface area contributed by atoms with Gasteiger partial charge in [0.2, 0.25) is 5.91 Å². The van der Waals surface area contributed by atoms with Crippen molar-refractivity contribution in [1.82, 2.24) is 14.9 Å². The van der Waals surface area contributed by atoms with Gasteiger partial charge in [-0.3, -0.25) is 14.2 Å². The van der Waals surface area contributed by atoms with Crippen LogP contribution in [0.4, 0.5) is 0 Å². The fourth-order valence-electron chi connectivity index (χ4n) is 3.11. The SMILES string of the molecule is Cc1nc(-c2ccc(Cl)cc2)n(CC(=O)NCc2cccc(Cl)c2)c(=O)c1CCO. The van der Waals surface area contributed by atoms with Crippen molar-refractivity contribution < 1.29 is 9.90 Å². The first-order valence-corrected chi connectivity index (χ1v) is 10.1. The Morgan fingerprint density at radius 3 is 2.53 bits per heavy atom. The van der Waals surface area contributed by atoms with Crippen molar-refractivity contribution in [2.75, 3.05) is 6.61 Å². The lowest BCUT2D eigenvalue weighted by Gasteiger charge is -2.16. The maximum absolute atomic E-state index is 13.1. The van der Waals surface area contributed by atoms with Crippen molar-refractivity contribution in [1.29, 1.82) is 0 Å². The lowest BCUT2D eigenvalue weighted by molar-refractivity contribution is -0.121. The quantitative estimate of drug-likeness (QED) is 0.583. The number of aromatic nitrogens is 2. The summed E-state index contributed by atoms with van der Waals surface area (Å²) in [6, 6.07) is 14.1. The molecular weight excluding hydrogens is 425 g/mol. The van der Waals surface area contributed by atoms with E-state index in [1.54, 1.807) is 49.4 Å². The Labute approximate surface area is 184 Å². The summed E-state index contributed by atoms with van der Waals surface area (Å²) in [5.41, 5.74) is 2.08. The van der Waals surface area contributed by atoms with Crippen molar-refractivity contribution in [3.05, 3.63) is 85.8 Å². The average molecular weight is 446 g/mol. The minimum atomic E-state index is -0.348. The van der Waals surface area contributed by atoms with Gasteiger partial charge in [-0.15, -0.1) is 0 Å². The number of halogens is 2. The molecule has 0 spiro atoms. The highest BCUT2D eigenvalue weighted by atomic mass is 35.5. The summed E-state index contributed by atoms with van der Waals surface area (Å²) < 4.78 is 1.33. The van der Waals surface area contributed by atoms with Gasteiger partial charge in [-0.05, 0) is 48.9 Å². The van der Waals surface area contributed by atoms with Crippen molar-refractivity contribution in [2.24, 2.45) is 0 Å². The van der Waals surface area contributed by atoms with E-state index in [0.29, 0.717) is 32.7 Å².